The van der Waals surface area contributed by atoms with Gasteiger partial charge in [-0.3, -0.25) is 4.79 Å². The van der Waals surface area contributed by atoms with Crippen LogP contribution in [0.2, 0.25) is 0 Å². The van der Waals surface area contributed by atoms with E-state index in [1.807, 2.05) is 0 Å². The van der Waals surface area contributed by atoms with Crippen molar-refractivity contribution in [2.75, 3.05) is 20.2 Å². The lowest BCUT2D eigenvalue weighted by Crippen LogP contribution is -2.44. The van der Waals surface area contributed by atoms with Crippen LogP contribution >= 0.6 is 0 Å². The molecule has 7 nitrogen and oxygen atoms in total. The van der Waals surface area contributed by atoms with E-state index in [0.29, 0.717) is 30.5 Å². The fourth-order valence-electron chi connectivity index (χ4n) is 2.55. The van der Waals surface area contributed by atoms with Gasteiger partial charge in [-0.25, -0.2) is 15.0 Å². The lowest BCUT2D eigenvalue weighted by atomic mass is 10.1. The van der Waals surface area contributed by atoms with E-state index in [4.69, 9.17) is 9.47 Å². The van der Waals surface area contributed by atoms with Crippen molar-refractivity contribution < 1.29 is 14.3 Å². The minimum Gasteiger partial charge on any atom is -0.481 e. The van der Waals surface area contributed by atoms with E-state index in [2.05, 4.69) is 15.0 Å². The monoisotopic (exact) mass is 314 g/mol. The summed E-state index contributed by atoms with van der Waals surface area (Å²) in [7, 11) is 1.53. The van der Waals surface area contributed by atoms with Gasteiger partial charge in [-0.05, 0) is 25.0 Å². The molecule has 0 N–H and O–H groups in total. The molecule has 0 aromatic carbocycles. The van der Waals surface area contributed by atoms with Crippen LogP contribution in [-0.2, 0) is 0 Å². The second-order valence-corrected chi connectivity index (χ2v) is 5.25. The number of methoxy groups -OCH3 is 1. The molecule has 1 fully saturated rings. The van der Waals surface area contributed by atoms with Crippen LogP contribution in [0.5, 0.6) is 11.9 Å². The molecule has 7 heteroatoms. The van der Waals surface area contributed by atoms with E-state index < -0.39 is 0 Å². The van der Waals surface area contributed by atoms with Crippen LogP contribution in [0.3, 0.4) is 0 Å². The molecule has 0 spiro atoms. The van der Waals surface area contributed by atoms with Crippen molar-refractivity contribution in [2.45, 2.75) is 18.9 Å². The van der Waals surface area contributed by atoms with Gasteiger partial charge in [0.15, 0.2) is 0 Å². The van der Waals surface area contributed by atoms with Gasteiger partial charge in [-0.1, -0.05) is 0 Å². The predicted octanol–water partition coefficient (Wildman–Crippen LogP) is 1.56. The molecule has 0 aliphatic carbocycles. The zero-order chi connectivity index (χ0) is 16.1. The third-order valence-corrected chi connectivity index (χ3v) is 3.67. The van der Waals surface area contributed by atoms with Crippen molar-refractivity contribution in [2.24, 2.45) is 0 Å². The number of amides is 1. The number of hydrogen-bond acceptors (Lipinski definition) is 6. The van der Waals surface area contributed by atoms with Gasteiger partial charge in [0.1, 0.15) is 6.10 Å². The van der Waals surface area contributed by atoms with Crippen molar-refractivity contribution in [3.8, 4) is 11.9 Å². The maximum Gasteiger partial charge on any atom is 0.316 e. The number of pyridine rings is 1. The number of aromatic nitrogens is 3. The summed E-state index contributed by atoms with van der Waals surface area (Å²) < 4.78 is 10.8. The van der Waals surface area contributed by atoms with Crippen LogP contribution in [-0.4, -0.2) is 52.1 Å². The van der Waals surface area contributed by atoms with E-state index in [-0.39, 0.29) is 12.0 Å². The van der Waals surface area contributed by atoms with Gasteiger partial charge in [-0.15, -0.1) is 0 Å². The number of carbonyl (C=O) groups excluding carboxylic acids is 1. The van der Waals surface area contributed by atoms with Crippen molar-refractivity contribution in [1.82, 2.24) is 19.9 Å². The Hall–Kier alpha value is -2.70. The molecule has 3 rings (SSSR count). The molecule has 3 heterocycles. The Labute approximate surface area is 134 Å². The van der Waals surface area contributed by atoms with Crippen molar-refractivity contribution in [1.29, 1.82) is 0 Å². The highest BCUT2D eigenvalue weighted by Gasteiger charge is 2.26. The smallest absolute Gasteiger partial charge is 0.316 e. The molecule has 23 heavy (non-hydrogen) atoms. The normalized spacial score (nSPS) is 17.6. The van der Waals surface area contributed by atoms with E-state index in [9.17, 15) is 4.79 Å². The van der Waals surface area contributed by atoms with E-state index in [0.717, 1.165) is 12.8 Å². The second kappa shape index (κ2) is 7.04. The fraction of sp³-hybridized carbons (Fsp3) is 0.375. The zero-order valence-corrected chi connectivity index (χ0v) is 12.9. The molecule has 1 aliphatic rings. The molecule has 1 unspecified atom stereocenters. The topological polar surface area (TPSA) is 77.4 Å². The zero-order valence-electron chi connectivity index (χ0n) is 12.9. The van der Waals surface area contributed by atoms with Crippen LogP contribution in [0.25, 0.3) is 0 Å². The van der Waals surface area contributed by atoms with Gasteiger partial charge in [0, 0.05) is 36.8 Å². The average molecular weight is 314 g/mol. The molecule has 0 bridgehead atoms. The third kappa shape index (κ3) is 3.74. The van der Waals surface area contributed by atoms with Crippen LogP contribution in [0.15, 0.2) is 36.8 Å². The maximum atomic E-state index is 12.6. The van der Waals surface area contributed by atoms with Crippen LogP contribution < -0.4 is 9.47 Å². The highest BCUT2D eigenvalue weighted by Crippen LogP contribution is 2.18. The molecule has 1 atom stereocenters. The first-order chi connectivity index (χ1) is 11.3. The van der Waals surface area contributed by atoms with E-state index in [1.165, 1.54) is 7.11 Å². The van der Waals surface area contributed by atoms with Crippen LogP contribution in [0.1, 0.15) is 23.2 Å². The predicted molar refractivity (Wildman–Crippen MR) is 82.4 cm³/mol. The van der Waals surface area contributed by atoms with Gasteiger partial charge in [-0.2, -0.15) is 0 Å². The summed E-state index contributed by atoms with van der Waals surface area (Å²) >= 11 is 0. The number of rotatable bonds is 4. The Bertz CT molecular complexity index is 665. The first kappa shape index (κ1) is 15.2. The minimum atomic E-state index is -0.0983. The van der Waals surface area contributed by atoms with Gasteiger partial charge in [0.2, 0.25) is 5.88 Å². The molecule has 120 valence electrons. The molecular formula is C16H18N4O3. The number of hydrogen-bond donors (Lipinski definition) is 0. The largest absolute Gasteiger partial charge is 0.481 e. The number of carbonyl (C=O) groups is 1. The molecule has 0 saturated carbocycles. The molecule has 1 aliphatic heterocycles. The molecule has 1 amide bonds. The van der Waals surface area contributed by atoms with Crippen molar-refractivity contribution in [3.05, 3.63) is 42.4 Å². The fourth-order valence-corrected chi connectivity index (χ4v) is 2.55. The SMILES string of the molecule is COc1cc(C(=O)N2CCCC(Oc3ncccn3)C2)ccn1. The van der Waals surface area contributed by atoms with Gasteiger partial charge >= 0.3 is 6.01 Å². The first-order valence-electron chi connectivity index (χ1n) is 7.49. The molecule has 1 saturated heterocycles. The Morgan fingerprint density at radius 3 is 2.87 bits per heavy atom. The Kier molecular flexibility index (Phi) is 4.65. The summed E-state index contributed by atoms with van der Waals surface area (Å²) in [5.74, 6) is 0.381. The Morgan fingerprint density at radius 2 is 2.09 bits per heavy atom. The average Bonchev–Trinajstić information content (AvgIpc) is 2.62. The number of likely N-dealkylation sites (tertiary alicyclic amines) is 1. The second-order valence-electron chi connectivity index (χ2n) is 5.25. The van der Waals surface area contributed by atoms with Gasteiger partial charge in [0.05, 0.1) is 13.7 Å². The minimum absolute atomic E-state index is 0.0482. The Balaban J connectivity index is 1.66. The standard InChI is InChI=1S/C16H18N4O3/c1-22-14-10-12(5-8-17-14)15(21)20-9-2-4-13(11-20)23-16-18-6-3-7-19-16/h3,5-8,10,13H,2,4,9,11H2,1H3. The number of ether oxygens (including phenoxy) is 2. The van der Waals surface area contributed by atoms with E-state index >= 15 is 0 Å². The summed E-state index contributed by atoms with van der Waals surface area (Å²) in [4.78, 5) is 26.6. The lowest BCUT2D eigenvalue weighted by Gasteiger charge is -2.32. The van der Waals surface area contributed by atoms with E-state index in [1.54, 1.807) is 41.7 Å². The first-order valence-corrected chi connectivity index (χ1v) is 7.49. The number of piperidine rings is 1. The van der Waals surface area contributed by atoms with Crippen molar-refractivity contribution in [3.63, 3.8) is 0 Å². The molecule has 0 radical (unpaired) electrons. The summed E-state index contributed by atoms with van der Waals surface area (Å²) in [6.07, 6.45) is 6.50. The highest BCUT2D eigenvalue weighted by atomic mass is 16.5. The van der Waals surface area contributed by atoms with Crippen LogP contribution in [0.4, 0.5) is 0 Å². The van der Waals surface area contributed by atoms with Crippen molar-refractivity contribution >= 4 is 5.91 Å². The number of nitrogens with zero attached hydrogens (tertiary/aromatic N) is 4. The summed E-state index contributed by atoms with van der Waals surface area (Å²) in [6.45, 7) is 1.22. The highest BCUT2D eigenvalue weighted by molar-refractivity contribution is 5.94. The molecule has 2 aromatic rings. The lowest BCUT2D eigenvalue weighted by molar-refractivity contribution is 0.0515. The molecular weight excluding hydrogens is 296 g/mol. The van der Waals surface area contributed by atoms with Gasteiger partial charge < -0.3 is 14.4 Å². The summed E-state index contributed by atoms with van der Waals surface area (Å²) in [6, 6.07) is 5.42. The maximum absolute atomic E-state index is 12.6. The third-order valence-electron chi connectivity index (χ3n) is 3.67. The quantitative estimate of drug-likeness (QED) is 0.852. The van der Waals surface area contributed by atoms with Gasteiger partial charge in [0.25, 0.3) is 5.91 Å². The summed E-state index contributed by atoms with van der Waals surface area (Å²) in [5.41, 5.74) is 0.563. The molecule has 2 aromatic heterocycles. The Morgan fingerprint density at radius 1 is 1.26 bits per heavy atom. The van der Waals surface area contributed by atoms with Crippen LogP contribution in [0, 0.1) is 0 Å². The summed E-state index contributed by atoms with van der Waals surface area (Å²) in [5, 5.41) is 0.